The molecule has 0 aromatic carbocycles. The van der Waals surface area contributed by atoms with E-state index in [9.17, 15) is 0 Å². The van der Waals surface area contributed by atoms with E-state index in [1.54, 1.807) is 0 Å². The molecule has 0 heteroatoms. The molecule has 0 radical (unpaired) electrons. The van der Waals surface area contributed by atoms with Crippen LogP contribution in [-0.2, 0) is 0 Å². The molecule has 0 fully saturated rings. The Morgan fingerprint density at radius 3 is 1.63 bits per heavy atom. The summed E-state index contributed by atoms with van der Waals surface area (Å²) < 4.78 is 0. The SMILES string of the molecule is CCCCCC(CC)CCCC(C)C(C)CCCC. The minimum absolute atomic E-state index is 0.930. The maximum Gasteiger partial charge on any atom is -0.0417 e. The fraction of sp³-hybridized carbons (Fsp3) is 1.00. The van der Waals surface area contributed by atoms with Gasteiger partial charge in [-0.25, -0.2) is 0 Å². The summed E-state index contributed by atoms with van der Waals surface area (Å²) in [4.78, 5) is 0. The molecule has 0 aliphatic heterocycles. The molecule has 0 aromatic rings. The third-order valence-electron chi connectivity index (χ3n) is 5.05. The van der Waals surface area contributed by atoms with Gasteiger partial charge >= 0.3 is 0 Å². The lowest BCUT2D eigenvalue weighted by molar-refractivity contribution is 0.309. The topological polar surface area (TPSA) is 0 Å². The molecule has 0 saturated carbocycles. The van der Waals surface area contributed by atoms with Gasteiger partial charge in [-0.15, -0.1) is 0 Å². The van der Waals surface area contributed by atoms with Crippen LogP contribution in [0.3, 0.4) is 0 Å². The van der Waals surface area contributed by atoms with E-state index in [0.717, 1.165) is 17.8 Å². The second-order valence-corrected chi connectivity index (χ2v) is 6.80. The Balaban J connectivity index is 3.67. The predicted molar refractivity (Wildman–Crippen MR) is 89.6 cm³/mol. The van der Waals surface area contributed by atoms with Crippen LogP contribution >= 0.6 is 0 Å². The van der Waals surface area contributed by atoms with E-state index in [1.165, 1.54) is 70.6 Å². The maximum atomic E-state index is 2.47. The van der Waals surface area contributed by atoms with Gasteiger partial charge in [-0.3, -0.25) is 0 Å². The van der Waals surface area contributed by atoms with Gasteiger partial charge in [0.15, 0.2) is 0 Å². The molecule has 0 bridgehead atoms. The first-order chi connectivity index (χ1) is 9.15. The standard InChI is InChI=1S/C19H40/c1-6-9-11-15-19(8-3)16-12-14-18(5)17(4)13-10-7-2/h17-19H,6-16H2,1-5H3. The Hall–Kier alpha value is 0. The molecule has 0 heterocycles. The zero-order chi connectivity index (χ0) is 14.5. The number of hydrogen-bond acceptors (Lipinski definition) is 0. The molecule has 0 nitrogen and oxygen atoms in total. The van der Waals surface area contributed by atoms with Crippen molar-refractivity contribution in [2.24, 2.45) is 17.8 Å². The third kappa shape index (κ3) is 10.4. The Labute approximate surface area is 123 Å². The fourth-order valence-electron chi connectivity index (χ4n) is 3.06. The smallest absolute Gasteiger partial charge is 0.0417 e. The molecule has 3 atom stereocenters. The highest BCUT2D eigenvalue weighted by Gasteiger charge is 2.13. The summed E-state index contributed by atoms with van der Waals surface area (Å²) in [5.74, 6) is 2.87. The van der Waals surface area contributed by atoms with E-state index in [2.05, 4.69) is 34.6 Å². The van der Waals surface area contributed by atoms with Crippen LogP contribution in [0.25, 0.3) is 0 Å². The van der Waals surface area contributed by atoms with Gasteiger partial charge < -0.3 is 0 Å². The van der Waals surface area contributed by atoms with Gasteiger partial charge in [0, 0.05) is 0 Å². The summed E-state index contributed by atoms with van der Waals surface area (Å²) in [5.41, 5.74) is 0. The molecular formula is C19H40. The Bertz CT molecular complexity index is 171. The van der Waals surface area contributed by atoms with Crippen LogP contribution in [0.2, 0.25) is 0 Å². The highest BCUT2D eigenvalue weighted by atomic mass is 14.2. The van der Waals surface area contributed by atoms with Crippen LogP contribution in [0.15, 0.2) is 0 Å². The number of hydrogen-bond donors (Lipinski definition) is 0. The highest BCUT2D eigenvalue weighted by molar-refractivity contribution is 4.65. The Morgan fingerprint density at radius 1 is 0.579 bits per heavy atom. The van der Waals surface area contributed by atoms with Gasteiger partial charge in [-0.2, -0.15) is 0 Å². The lowest BCUT2D eigenvalue weighted by atomic mass is 9.85. The second kappa shape index (κ2) is 13.0. The van der Waals surface area contributed by atoms with Crippen LogP contribution in [0.5, 0.6) is 0 Å². The lowest BCUT2D eigenvalue weighted by Gasteiger charge is -2.21. The molecule has 116 valence electrons. The average molecular weight is 269 g/mol. The zero-order valence-electron chi connectivity index (χ0n) is 14.5. The van der Waals surface area contributed by atoms with Gasteiger partial charge in [0.05, 0.1) is 0 Å². The molecule has 0 aromatic heterocycles. The first-order valence-corrected chi connectivity index (χ1v) is 9.15. The van der Waals surface area contributed by atoms with Crippen molar-refractivity contribution in [1.82, 2.24) is 0 Å². The summed E-state index contributed by atoms with van der Waals surface area (Å²) in [6, 6.07) is 0. The van der Waals surface area contributed by atoms with Crippen molar-refractivity contribution in [3.63, 3.8) is 0 Å². The predicted octanol–water partition coefficient (Wildman–Crippen LogP) is 7.23. The van der Waals surface area contributed by atoms with Crippen LogP contribution in [-0.4, -0.2) is 0 Å². The monoisotopic (exact) mass is 268 g/mol. The average Bonchev–Trinajstić information content (AvgIpc) is 2.42. The molecule has 0 aliphatic carbocycles. The van der Waals surface area contributed by atoms with Crippen molar-refractivity contribution < 1.29 is 0 Å². The van der Waals surface area contributed by atoms with Crippen molar-refractivity contribution in [2.75, 3.05) is 0 Å². The van der Waals surface area contributed by atoms with Gasteiger partial charge in [0.1, 0.15) is 0 Å². The largest absolute Gasteiger partial charge is 0.0654 e. The van der Waals surface area contributed by atoms with E-state index in [4.69, 9.17) is 0 Å². The van der Waals surface area contributed by atoms with Crippen LogP contribution in [0.4, 0.5) is 0 Å². The quantitative estimate of drug-likeness (QED) is 0.309. The van der Waals surface area contributed by atoms with Gasteiger partial charge in [0.25, 0.3) is 0 Å². The van der Waals surface area contributed by atoms with Crippen molar-refractivity contribution in [3.05, 3.63) is 0 Å². The van der Waals surface area contributed by atoms with Crippen LogP contribution in [0, 0.1) is 17.8 Å². The van der Waals surface area contributed by atoms with E-state index in [1.807, 2.05) is 0 Å². The lowest BCUT2D eigenvalue weighted by Crippen LogP contribution is -2.09. The normalized spacial score (nSPS) is 16.3. The molecular weight excluding hydrogens is 228 g/mol. The summed E-state index contributed by atoms with van der Waals surface area (Å²) in [6.07, 6.45) is 15.7. The molecule has 0 spiro atoms. The molecule has 0 rings (SSSR count). The molecule has 0 N–H and O–H groups in total. The van der Waals surface area contributed by atoms with Crippen molar-refractivity contribution in [1.29, 1.82) is 0 Å². The Kier molecular flexibility index (Phi) is 13.0. The molecule has 0 amide bonds. The van der Waals surface area contributed by atoms with Crippen LogP contribution in [0.1, 0.15) is 105 Å². The zero-order valence-corrected chi connectivity index (χ0v) is 14.5. The van der Waals surface area contributed by atoms with Crippen molar-refractivity contribution >= 4 is 0 Å². The van der Waals surface area contributed by atoms with E-state index < -0.39 is 0 Å². The first-order valence-electron chi connectivity index (χ1n) is 9.15. The second-order valence-electron chi connectivity index (χ2n) is 6.80. The van der Waals surface area contributed by atoms with Gasteiger partial charge in [-0.1, -0.05) is 105 Å². The summed E-state index contributed by atoms with van der Waals surface area (Å²) >= 11 is 0. The fourth-order valence-corrected chi connectivity index (χ4v) is 3.06. The minimum atomic E-state index is 0.930. The van der Waals surface area contributed by atoms with Gasteiger partial charge in [0.2, 0.25) is 0 Å². The van der Waals surface area contributed by atoms with E-state index in [0.29, 0.717) is 0 Å². The minimum Gasteiger partial charge on any atom is -0.0654 e. The molecule has 19 heavy (non-hydrogen) atoms. The van der Waals surface area contributed by atoms with E-state index in [-0.39, 0.29) is 0 Å². The summed E-state index contributed by atoms with van der Waals surface area (Å²) in [7, 11) is 0. The third-order valence-corrected chi connectivity index (χ3v) is 5.05. The molecule has 0 saturated heterocycles. The van der Waals surface area contributed by atoms with Crippen molar-refractivity contribution in [3.8, 4) is 0 Å². The Morgan fingerprint density at radius 2 is 1.11 bits per heavy atom. The number of unbranched alkanes of at least 4 members (excludes halogenated alkanes) is 3. The molecule has 0 aliphatic rings. The molecule has 3 unspecified atom stereocenters. The van der Waals surface area contributed by atoms with E-state index >= 15 is 0 Å². The summed E-state index contributed by atoms with van der Waals surface area (Å²) in [6.45, 7) is 11.9. The maximum absolute atomic E-state index is 2.47. The number of rotatable bonds is 13. The van der Waals surface area contributed by atoms with Crippen LogP contribution < -0.4 is 0 Å². The van der Waals surface area contributed by atoms with Gasteiger partial charge in [-0.05, 0) is 17.8 Å². The first kappa shape index (κ1) is 19.0. The summed E-state index contributed by atoms with van der Waals surface area (Å²) in [5, 5.41) is 0. The van der Waals surface area contributed by atoms with Crippen molar-refractivity contribution in [2.45, 2.75) is 105 Å². The highest BCUT2D eigenvalue weighted by Crippen LogP contribution is 2.26.